The van der Waals surface area contributed by atoms with E-state index in [-0.39, 0.29) is 19.3 Å². The van der Waals surface area contributed by atoms with Crippen LogP contribution in [0.15, 0.2) is 134 Å². The maximum absolute atomic E-state index is 13.0. The van der Waals surface area contributed by atoms with Gasteiger partial charge in [-0.2, -0.15) is 0 Å². The van der Waals surface area contributed by atoms with E-state index < -0.39 is 91.5 Å². The first kappa shape index (κ1) is 109. The van der Waals surface area contributed by atoms with E-state index in [1.807, 2.05) is 0 Å². The van der Waals surface area contributed by atoms with Crippen LogP contribution in [0.4, 0.5) is 0 Å². The molecule has 0 aromatic rings. The van der Waals surface area contributed by atoms with Crippen LogP contribution in [-0.2, 0) is 55.8 Å². The molecule has 0 amide bonds. The van der Waals surface area contributed by atoms with Gasteiger partial charge in [0.25, 0.3) is 0 Å². The van der Waals surface area contributed by atoms with Crippen LogP contribution in [0.2, 0.25) is 0 Å². The lowest BCUT2D eigenvalue weighted by atomic mass is 10.0. The molecule has 16 nitrogen and oxygen atoms in total. The number of aliphatic hydroxyl groups excluding tert-OH is 2. The summed E-state index contributed by atoms with van der Waals surface area (Å²) in [5.41, 5.74) is 0. The maximum atomic E-state index is 13.0. The third-order valence-electron chi connectivity index (χ3n) is 19.4. The van der Waals surface area contributed by atoms with Gasteiger partial charge in [-0.15, -0.1) is 0 Å². The fourth-order valence-electron chi connectivity index (χ4n) is 12.5. The average molecular weight is 1630 g/mol. The smallest absolute Gasteiger partial charge is 0.463 e. The third kappa shape index (κ3) is 88.3. The monoisotopic (exact) mass is 1630 g/mol. The Hall–Kier alpha value is -4.31. The molecule has 0 aliphatic carbocycles. The molecule has 0 aliphatic rings. The van der Waals surface area contributed by atoms with Crippen molar-refractivity contribution in [2.24, 2.45) is 0 Å². The summed E-state index contributed by atoms with van der Waals surface area (Å²) >= 11 is 0. The molecule has 0 aromatic heterocycles. The number of aliphatic hydroxyl groups is 2. The van der Waals surface area contributed by atoms with E-state index in [1.54, 1.807) is 0 Å². The normalized spacial score (nSPS) is 14.4. The number of ether oxygens (including phenoxy) is 3. The van der Waals surface area contributed by atoms with Crippen molar-refractivity contribution in [3.63, 3.8) is 0 Å². The van der Waals surface area contributed by atoms with Crippen molar-refractivity contribution in [3.05, 3.63) is 134 Å². The van der Waals surface area contributed by atoms with Crippen LogP contribution in [0.3, 0.4) is 0 Å². The molecule has 0 spiro atoms. The van der Waals surface area contributed by atoms with Gasteiger partial charge in [-0.1, -0.05) is 392 Å². The van der Waals surface area contributed by atoms with Gasteiger partial charge in [-0.05, 0) is 116 Å². The first-order valence-electron chi connectivity index (χ1n) is 45.5. The van der Waals surface area contributed by atoms with E-state index >= 15 is 0 Å². The summed E-state index contributed by atoms with van der Waals surface area (Å²) in [7, 11) is -9.80. The van der Waals surface area contributed by atoms with Crippen LogP contribution in [0, 0.1) is 0 Å². The molecule has 652 valence electrons. The second-order valence-electron chi connectivity index (χ2n) is 30.4. The summed E-state index contributed by atoms with van der Waals surface area (Å²) < 4.78 is 61.4. The fraction of sp³-hybridized carbons (Fsp3) is 0.737. The molecule has 18 heteroatoms. The SMILES string of the molecule is CC/C=C\C/C=C\C/C=C\C/C=C\C/C=C\C/C=C\CCCCCCCCCCC(=O)OCC(COP(=O)(O)OCC(O)COP(=O)(O)OCC(O)COC(=O)CCCCCCCCCCCCCCCCCCCCC/C=C\C/C=C\C/C=C\C/C=C\C/C=C\CC)OC(=O)CCCCCCCCCCCCCCCCC. The van der Waals surface area contributed by atoms with Crippen molar-refractivity contribution in [2.45, 2.75) is 411 Å². The van der Waals surface area contributed by atoms with E-state index in [1.165, 1.54) is 186 Å². The molecular weight excluding hydrogens is 1460 g/mol. The number of esters is 3. The number of carbonyl (C=O) groups is 3. The van der Waals surface area contributed by atoms with Crippen LogP contribution in [0.25, 0.3) is 0 Å². The molecule has 0 rings (SSSR count). The van der Waals surface area contributed by atoms with Crippen LogP contribution >= 0.6 is 15.6 Å². The molecule has 113 heavy (non-hydrogen) atoms. The number of phosphoric ester groups is 2. The lowest BCUT2D eigenvalue weighted by molar-refractivity contribution is -0.161. The summed E-state index contributed by atoms with van der Waals surface area (Å²) in [6, 6.07) is 0. The van der Waals surface area contributed by atoms with Crippen molar-refractivity contribution in [1.29, 1.82) is 0 Å². The minimum Gasteiger partial charge on any atom is -0.463 e. The zero-order valence-corrected chi connectivity index (χ0v) is 73.6. The minimum absolute atomic E-state index is 0.105. The highest BCUT2D eigenvalue weighted by atomic mass is 31.2. The number of carbonyl (C=O) groups excluding carboxylic acids is 3. The molecule has 0 saturated carbocycles. The number of hydrogen-bond acceptors (Lipinski definition) is 14. The Bertz CT molecular complexity index is 2580. The van der Waals surface area contributed by atoms with Gasteiger partial charge in [0.2, 0.25) is 0 Å². The molecule has 0 radical (unpaired) electrons. The summed E-state index contributed by atoms with van der Waals surface area (Å²) in [5.74, 6) is -1.57. The van der Waals surface area contributed by atoms with Crippen LogP contribution in [-0.4, -0.2) is 95.9 Å². The first-order valence-corrected chi connectivity index (χ1v) is 48.5. The Labute approximate surface area is 690 Å². The summed E-state index contributed by atoms with van der Waals surface area (Å²) in [4.78, 5) is 58.9. The molecule has 0 saturated heterocycles. The summed E-state index contributed by atoms with van der Waals surface area (Å²) in [6.45, 7) is 2.51. The number of unbranched alkanes of at least 4 members (excludes halogenated alkanes) is 41. The highest BCUT2D eigenvalue weighted by Gasteiger charge is 2.29. The summed E-state index contributed by atoms with van der Waals surface area (Å²) in [6.07, 6.45) is 108. The minimum atomic E-state index is -4.94. The van der Waals surface area contributed by atoms with E-state index in [0.29, 0.717) is 19.3 Å². The van der Waals surface area contributed by atoms with Crippen molar-refractivity contribution >= 4 is 33.6 Å². The Morgan fingerprint density at radius 1 is 0.257 bits per heavy atom. The molecule has 0 bridgehead atoms. The number of rotatable bonds is 86. The average Bonchev–Trinajstić information content (AvgIpc) is 0.864. The van der Waals surface area contributed by atoms with Crippen LogP contribution in [0.1, 0.15) is 393 Å². The quantitative estimate of drug-likeness (QED) is 0.0146. The van der Waals surface area contributed by atoms with Crippen molar-refractivity contribution in [2.75, 3.05) is 39.6 Å². The Morgan fingerprint density at radius 3 is 0.743 bits per heavy atom. The molecule has 0 aromatic carbocycles. The van der Waals surface area contributed by atoms with E-state index in [9.17, 15) is 43.5 Å². The van der Waals surface area contributed by atoms with Crippen molar-refractivity contribution in [3.8, 4) is 0 Å². The largest absolute Gasteiger partial charge is 0.472 e. The summed E-state index contributed by atoms with van der Waals surface area (Å²) in [5, 5.41) is 20.7. The Balaban J connectivity index is 4.43. The predicted molar refractivity (Wildman–Crippen MR) is 473 cm³/mol. The van der Waals surface area contributed by atoms with Crippen LogP contribution < -0.4 is 0 Å². The second-order valence-corrected chi connectivity index (χ2v) is 33.3. The van der Waals surface area contributed by atoms with Gasteiger partial charge in [0.05, 0.1) is 26.4 Å². The van der Waals surface area contributed by atoms with E-state index in [2.05, 4.69) is 154 Å². The molecule has 5 atom stereocenters. The van der Waals surface area contributed by atoms with Gasteiger partial charge in [0.15, 0.2) is 6.10 Å². The van der Waals surface area contributed by atoms with Crippen molar-refractivity contribution < 1.29 is 75.8 Å². The third-order valence-corrected chi connectivity index (χ3v) is 21.3. The van der Waals surface area contributed by atoms with Gasteiger partial charge in [0, 0.05) is 19.3 Å². The first-order chi connectivity index (χ1) is 55.2. The molecule has 5 unspecified atom stereocenters. The molecule has 0 aliphatic heterocycles. The van der Waals surface area contributed by atoms with Crippen LogP contribution in [0.5, 0.6) is 0 Å². The second kappa shape index (κ2) is 87.0. The highest BCUT2D eigenvalue weighted by molar-refractivity contribution is 7.47. The van der Waals surface area contributed by atoms with Gasteiger partial charge in [-0.3, -0.25) is 32.5 Å². The molecular formula is C95H166O16P2. The molecule has 0 heterocycles. The topological polar surface area (TPSA) is 231 Å². The standard InChI is InChI=1S/C95H166O16P2/c1-4-7-10-13-16-19-22-25-28-30-32-34-36-38-40-41-42-43-44-45-46-47-49-51-52-54-56-58-61-63-66-69-72-75-78-81-93(98)105-84-90(96)85-107-112(101,102)108-86-91(97)87-109-113(103,104)110-89-92(111-95(100)83-80-77-74-71-68-65-60-27-24-21-18-15-12-9-6-3)88-106-94(99)82-79-76-73-70-67-64-62-59-57-55-53-50-48-39-37-35-33-31-29-26-23-20-17-14-11-8-5-2/h7-8,10-11,16-17,19-20,25-26,28-29,32-35,38-40,48,53,55,90-92,96-97H,4-6,9,12-15,18,21-24,27,30-31,36-37,41-47,49-52,54,56-89H2,1-3H3,(H,101,102)(H,103,104)/b10-7-,11-8-,19-16-,20-17-,28-25-,29-26-,34-32-,35-33-,40-38-,48-39-,55-53-. The van der Waals surface area contributed by atoms with E-state index in [4.69, 9.17) is 32.3 Å². The van der Waals surface area contributed by atoms with E-state index in [0.717, 1.165) is 148 Å². The fourth-order valence-corrected chi connectivity index (χ4v) is 14.1. The number of phosphoric acid groups is 2. The van der Waals surface area contributed by atoms with Gasteiger partial charge in [0.1, 0.15) is 25.4 Å². The maximum Gasteiger partial charge on any atom is 0.472 e. The Kier molecular flexibility index (Phi) is 83.7. The predicted octanol–water partition coefficient (Wildman–Crippen LogP) is 27.8. The number of hydrogen-bond donors (Lipinski definition) is 4. The van der Waals surface area contributed by atoms with Gasteiger partial charge >= 0.3 is 33.6 Å². The Morgan fingerprint density at radius 2 is 0.469 bits per heavy atom. The van der Waals surface area contributed by atoms with Gasteiger partial charge in [-0.25, -0.2) is 9.13 Å². The molecule has 0 fully saturated rings. The lowest BCUT2D eigenvalue weighted by Crippen LogP contribution is -2.30. The zero-order chi connectivity index (χ0) is 82.2. The van der Waals surface area contributed by atoms with Crippen molar-refractivity contribution in [1.82, 2.24) is 0 Å². The zero-order valence-electron chi connectivity index (χ0n) is 71.8. The lowest BCUT2D eigenvalue weighted by Gasteiger charge is -2.21. The van der Waals surface area contributed by atoms with Gasteiger partial charge < -0.3 is 34.2 Å². The molecule has 4 N–H and O–H groups in total. The highest BCUT2D eigenvalue weighted by Crippen LogP contribution is 2.45. The number of allylic oxidation sites excluding steroid dienone is 22.